The largest absolute Gasteiger partial charge is 0.492 e. The van der Waals surface area contributed by atoms with E-state index in [1.165, 1.54) is 9.08 Å². The lowest BCUT2D eigenvalue weighted by molar-refractivity contribution is -0.131. The molecule has 0 radical (unpaired) electrons. The van der Waals surface area contributed by atoms with Crippen LogP contribution in [0.3, 0.4) is 0 Å². The van der Waals surface area contributed by atoms with Crippen LogP contribution in [-0.4, -0.2) is 78.7 Å². The number of aromatic nitrogens is 3. The lowest BCUT2D eigenvalue weighted by Crippen LogP contribution is -2.53. The Hall–Kier alpha value is -3.14. The number of hydrogen-bond acceptors (Lipinski definition) is 6. The second kappa shape index (κ2) is 10.2. The van der Waals surface area contributed by atoms with Crippen molar-refractivity contribution in [1.29, 1.82) is 0 Å². The van der Waals surface area contributed by atoms with Gasteiger partial charge in [0.2, 0.25) is 11.8 Å². The molecule has 3 aliphatic rings. The van der Waals surface area contributed by atoms with Gasteiger partial charge in [0, 0.05) is 49.4 Å². The molecule has 0 bridgehead atoms. The summed E-state index contributed by atoms with van der Waals surface area (Å²) in [6.45, 7) is 12.1. The fraction of sp³-hybridized carbons (Fsp3) is 0.643. The summed E-state index contributed by atoms with van der Waals surface area (Å²) < 4.78 is 2.77. The van der Waals surface area contributed by atoms with E-state index in [9.17, 15) is 19.5 Å². The maximum Gasteiger partial charge on any atom is 0.270 e. The highest BCUT2D eigenvalue weighted by Crippen LogP contribution is 2.38. The lowest BCUT2D eigenvalue weighted by atomic mass is 9.85. The van der Waals surface area contributed by atoms with Crippen molar-refractivity contribution in [3.05, 3.63) is 33.3 Å². The van der Waals surface area contributed by atoms with Crippen LogP contribution in [0.5, 0.6) is 5.88 Å². The molecular weight excluding hydrogens is 484 g/mol. The van der Waals surface area contributed by atoms with Gasteiger partial charge in [0.15, 0.2) is 5.56 Å². The molecule has 3 fully saturated rings. The van der Waals surface area contributed by atoms with Crippen LogP contribution in [0.15, 0.2) is 10.9 Å². The van der Waals surface area contributed by atoms with Crippen molar-refractivity contribution in [3.8, 4) is 5.88 Å². The van der Waals surface area contributed by atoms with Crippen LogP contribution in [0.2, 0.25) is 0 Å². The number of piperidine rings is 1. The Bertz CT molecular complexity index is 1330. The van der Waals surface area contributed by atoms with Crippen molar-refractivity contribution in [2.75, 3.05) is 26.2 Å². The SMILES string of the molecule is CCN1CCC2(CCCN2C(=O)C=Cc2c(C)nn3c(O)c(C(=O)NC4CC4)c(=O)n(CC(C)C)c23)CC1. The summed E-state index contributed by atoms with van der Waals surface area (Å²) in [5.41, 5.74) is 0.618. The Morgan fingerprint density at radius 2 is 1.89 bits per heavy atom. The number of carbonyl (C=O) groups excluding carboxylic acids is 2. The number of fused-ring (bicyclic) bond motifs is 1. The minimum atomic E-state index is -0.580. The smallest absolute Gasteiger partial charge is 0.270 e. The zero-order valence-corrected chi connectivity index (χ0v) is 23.0. The zero-order valence-electron chi connectivity index (χ0n) is 23.0. The maximum absolute atomic E-state index is 13.5. The van der Waals surface area contributed by atoms with E-state index in [1.807, 2.05) is 18.7 Å². The van der Waals surface area contributed by atoms with Crippen molar-refractivity contribution in [2.45, 2.75) is 84.3 Å². The lowest BCUT2D eigenvalue weighted by Gasteiger charge is -2.44. The van der Waals surface area contributed by atoms with Gasteiger partial charge in [0.25, 0.3) is 11.5 Å². The predicted octanol–water partition coefficient (Wildman–Crippen LogP) is 2.55. The third-order valence-electron chi connectivity index (χ3n) is 8.40. The van der Waals surface area contributed by atoms with Crippen LogP contribution >= 0.6 is 0 Å². The quantitative estimate of drug-likeness (QED) is 0.539. The second-order valence-electron chi connectivity index (χ2n) is 11.6. The molecule has 2 saturated heterocycles. The fourth-order valence-corrected chi connectivity index (χ4v) is 6.11. The zero-order chi connectivity index (χ0) is 27.2. The number of hydrogen-bond donors (Lipinski definition) is 2. The molecular formula is C28H40N6O4. The molecule has 4 heterocycles. The first-order chi connectivity index (χ1) is 18.1. The molecule has 206 valence electrons. The monoisotopic (exact) mass is 524 g/mol. The van der Waals surface area contributed by atoms with E-state index in [4.69, 9.17) is 0 Å². The number of likely N-dealkylation sites (tertiary alicyclic amines) is 2. The number of aryl methyl sites for hydroxylation is 1. The Balaban J connectivity index is 1.51. The minimum absolute atomic E-state index is 0.0337. The Labute approximate surface area is 223 Å². The number of aromatic hydroxyl groups is 1. The van der Waals surface area contributed by atoms with Crippen LogP contribution < -0.4 is 10.9 Å². The standard InChI is InChI=1S/C28H40N6O4/c1-5-31-15-12-28(13-16-31)11-6-14-33(28)22(35)10-9-21-19(4)30-34-25(21)32(17-18(2)3)26(37)23(27(34)38)24(36)29-20-7-8-20/h9-10,18,20,38H,5-8,11-17H2,1-4H3,(H,29,36). The molecule has 0 atom stereocenters. The second-order valence-corrected chi connectivity index (χ2v) is 11.6. The Kier molecular flexibility index (Phi) is 7.11. The van der Waals surface area contributed by atoms with Crippen molar-refractivity contribution in [2.24, 2.45) is 5.92 Å². The van der Waals surface area contributed by atoms with Gasteiger partial charge in [-0.3, -0.25) is 19.0 Å². The van der Waals surface area contributed by atoms with Gasteiger partial charge in [0.05, 0.1) is 5.69 Å². The summed E-state index contributed by atoms with van der Waals surface area (Å²) in [5.74, 6) is -0.984. The molecule has 1 aliphatic carbocycles. The van der Waals surface area contributed by atoms with E-state index in [2.05, 4.69) is 22.2 Å². The first-order valence-corrected chi connectivity index (χ1v) is 14.0. The van der Waals surface area contributed by atoms with Gasteiger partial charge in [-0.05, 0) is 64.0 Å². The summed E-state index contributed by atoms with van der Waals surface area (Å²) in [6, 6.07) is 0.0440. The van der Waals surface area contributed by atoms with Gasteiger partial charge in [-0.2, -0.15) is 9.61 Å². The van der Waals surface area contributed by atoms with Crippen molar-refractivity contribution in [1.82, 2.24) is 29.3 Å². The van der Waals surface area contributed by atoms with Crippen molar-refractivity contribution >= 4 is 23.5 Å². The van der Waals surface area contributed by atoms with E-state index in [-0.39, 0.29) is 29.0 Å². The van der Waals surface area contributed by atoms with E-state index in [1.54, 1.807) is 19.1 Å². The molecule has 5 rings (SSSR count). The molecule has 1 saturated carbocycles. The fourth-order valence-electron chi connectivity index (χ4n) is 6.11. The molecule has 2 aliphatic heterocycles. The van der Waals surface area contributed by atoms with Crippen LogP contribution in [0, 0.1) is 12.8 Å². The molecule has 2 aromatic rings. The van der Waals surface area contributed by atoms with Crippen LogP contribution in [-0.2, 0) is 11.3 Å². The molecule has 10 heteroatoms. The highest BCUT2D eigenvalue weighted by Gasteiger charge is 2.44. The highest BCUT2D eigenvalue weighted by atomic mass is 16.3. The van der Waals surface area contributed by atoms with Gasteiger partial charge >= 0.3 is 0 Å². The van der Waals surface area contributed by atoms with E-state index in [0.717, 1.165) is 64.7 Å². The minimum Gasteiger partial charge on any atom is -0.492 e. The average molecular weight is 525 g/mol. The number of amides is 2. The highest BCUT2D eigenvalue weighted by molar-refractivity contribution is 5.97. The summed E-state index contributed by atoms with van der Waals surface area (Å²) in [5, 5.41) is 18.3. The van der Waals surface area contributed by atoms with Gasteiger partial charge in [-0.15, -0.1) is 0 Å². The molecule has 2 amide bonds. The van der Waals surface area contributed by atoms with Crippen molar-refractivity contribution in [3.63, 3.8) is 0 Å². The summed E-state index contributed by atoms with van der Waals surface area (Å²) >= 11 is 0. The maximum atomic E-state index is 13.5. The summed E-state index contributed by atoms with van der Waals surface area (Å²) in [7, 11) is 0. The molecule has 2 N–H and O–H groups in total. The van der Waals surface area contributed by atoms with Crippen LogP contribution in [0.25, 0.3) is 11.7 Å². The Morgan fingerprint density at radius 1 is 1.18 bits per heavy atom. The van der Waals surface area contributed by atoms with Crippen molar-refractivity contribution < 1.29 is 14.7 Å². The molecule has 38 heavy (non-hydrogen) atoms. The van der Waals surface area contributed by atoms with Gasteiger partial charge in [0.1, 0.15) is 5.65 Å². The average Bonchev–Trinajstić information content (AvgIpc) is 3.50. The number of nitrogens with one attached hydrogen (secondary N) is 1. The molecule has 2 aromatic heterocycles. The predicted molar refractivity (Wildman–Crippen MR) is 145 cm³/mol. The van der Waals surface area contributed by atoms with E-state index < -0.39 is 17.3 Å². The van der Waals surface area contributed by atoms with Gasteiger partial charge in [-0.25, -0.2) is 0 Å². The summed E-state index contributed by atoms with van der Waals surface area (Å²) in [4.78, 5) is 44.4. The third kappa shape index (κ3) is 4.74. The number of nitrogens with zero attached hydrogens (tertiary/aromatic N) is 5. The van der Waals surface area contributed by atoms with Gasteiger partial charge in [-0.1, -0.05) is 20.8 Å². The third-order valence-corrected chi connectivity index (χ3v) is 8.40. The molecule has 0 aromatic carbocycles. The molecule has 0 unspecified atom stereocenters. The normalized spacial score (nSPS) is 19.9. The van der Waals surface area contributed by atoms with Gasteiger partial charge < -0.3 is 20.2 Å². The Morgan fingerprint density at radius 3 is 2.53 bits per heavy atom. The molecule has 10 nitrogen and oxygen atoms in total. The molecule has 1 spiro atoms. The first kappa shape index (κ1) is 26.5. The first-order valence-electron chi connectivity index (χ1n) is 14.0. The number of carbonyl (C=O) groups is 2. The van der Waals surface area contributed by atoms with E-state index in [0.29, 0.717) is 23.4 Å². The number of rotatable bonds is 7. The summed E-state index contributed by atoms with van der Waals surface area (Å²) in [6.07, 6.45) is 9.06. The van der Waals surface area contributed by atoms with E-state index >= 15 is 0 Å². The van der Waals surface area contributed by atoms with Crippen LogP contribution in [0.1, 0.15) is 80.9 Å². The topological polar surface area (TPSA) is 112 Å². The van der Waals surface area contributed by atoms with Crippen LogP contribution in [0.4, 0.5) is 0 Å².